The fraction of sp³-hybridized carbons (Fsp3) is 0.500. The summed E-state index contributed by atoms with van der Waals surface area (Å²) in [5.74, 6) is 0.490. The molecule has 0 aliphatic heterocycles. The molecule has 0 radical (unpaired) electrons. The van der Waals surface area contributed by atoms with Crippen LogP contribution in [0.25, 0.3) is 11.5 Å². The van der Waals surface area contributed by atoms with Gasteiger partial charge in [-0.15, -0.1) is 10.2 Å². The van der Waals surface area contributed by atoms with Gasteiger partial charge in [0.25, 0.3) is 5.22 Å². The van der Waals surface area contributed by atoms with Crippen molar-refractivity contribution in [3.8, 4) is 11.5 Å². The Morgan fingerprint density at radius 3 is 2.57 bits per heavy atom. The Kier molecular flexibility index (Phi) is 6.72. The van der Waals surface area contributed by atoms with Crippen molar-refractivity contribution in [1.29, 1.82) is 0 Å². The second-order valence-corrected chi connectivity index (χ2v) is 8.35. The highest BCUT2D eigenvalue weighted by molar-refractivity contribution is 7.99. The number of hydrogen-bond donors (Lipinski definition) is 2. The van der Waals surface area contributed by atoms with Gasteiger partial charge in [0, 0.05) is 11.6 Å². The van der Waals surface area contributed by atoms with Gasteiger partial charge in [-0.1, -0.05) is 48.7 Å². The molecular formula is C20H26N4O3S. The van der Waals surface area contributed by atoms with Crippen LogP contribution in [0.3, 0.4) is 0 Å². The zero-order chi connectivity index (χ0) is 20.1. The molecule has 0 bridgehead atoms. The molecule has 28 heavy (non-hydrogen) atoms. The number of imide groups is 1. The Labute approximate surface area is 169 Å². The molecule has 2 N–H and O–H groups in total. The van der Waals surface area contributed by atoms with E-state index in [2.05, 4.69) is 33.8 Å². The number of rotatable bonds is 5. The third-order valence-electron chi connectivity index (χ3n) is 4.88. The first-order valence-corrected chi connectivity index (χ1v) is 10.5. The number of amides is 3. The van der Waals surface area contributed by atoms with E-state index in [0.29, 0.717) is 17.0 Å². The highest BCUT2D eigenvalue weighted by atomic mass is 32.2. The first kappa shape index (κ1) is 20.4. The smallest absolute Gasteiger partial charge is 0.321 e. The summed E-state index contributed by atoms with van der Waals surface area (Å²) in [6.07, 6.45) is 4.37. The van der Waals surface area contributed by atoms with Gasteiger partial charge in [0.05, 0.1) is 5.75 Å². The summed E-state index contributed by atoms with van der Waals surface area (Å²) in [5, 5.41) is 13.6. The summed E-state index contributed by atoms with van der Waals surface area (Å²) in [7, 11) is 0. The highest BCUT2D eigenvalue weighted by Gasteiger charge is 2.23. The predicted molar refractivity (Wildman–Crippen MR) is 108 cm³/mol. The number of urea groups is 1. The molecule has 1 aromatic carbocycles. The molecule has 0 spiro atoms. The Balaban J connectivity index is 1.48. The number of hydrogen-bond acceptors (Lipinski definition) is 6. The standard InChI is InChI=1S/C20H26N4O3S/c1-12-8-13(2)10-15(9-12)18-23-24-20(27-18)28-11-17(25)22-19(26)21-16-7-5-4-6-14(16)3/h8-10,14,16H,4-7,11H2,1-3H3,(H2,21,22,25,26)/t14-,16+/m1/s1. The Morgan fingerprint density at radius 1 is 1.14 bits per heavy atom. The minimum Gasteiger partial charge on any atom is -0.411 e. The first-order valence-electron chi connectivity index (χ1n) is 9.56. The topological polar surface area (TPSA) is 97.1 Å². The lowest BCUT2D eigenvalue weighted by Gasteiger charge is -2.29. The van der Waals surface area contributed by atoms with Gasteiger partial charge in [-0.25, -0.2) is 4.79 Å². The molecule has 3 amide bonds. The normalized spacial score (nSPS) is 19.2. The SMILES string of the molecule is Cc1cc(C)cc(-c2nnc(SCC(=O)NC(=O)N[C@H]3CCCC[C@H]3C)o2)c1. The molecule has 1 aliphatic rings. The van der Waals surface area contributed by atoms with Crippen LogP contribution in [0.4, 0.5) is 4.79 Å². The van der Waals surface area contributed by atoms with E-state index in [1.807, 2.05) is 26.0 Å². The highest BCUT2D eigenvalue weighted by Crippen LogP contribution is 2.25. The van der Waals surface area contributed by atoms with E-state index in [0.717, 1.165) is 47.7 Å². The van der Waals surface area contributed by atoms with Gasteiger partial charge < -0.3 is 9.73 Å². The average molecular weight is 403 g/mol. The molecule has 1 aliphatic carbocycles. The third-order valence-corrected chi connectivity index (χ3v) is 5.70. The van der Waals surface area contributed by atoms with Crippen molar-refractivity contribution in [2.24, 2.45) is 5.92 Å². The molecule has 7 nitrogen and oxygen atoms in total. The summed E-state index contributed by atoms with van der Waals surface area (Å²) < 4.78 is 5.63. The Hall–Kier alpha value is -2.35. The van der Waals surface area contributed by atoms with Crippen molar-refractivity contribution in [2.75, 3.05) is 5.75 Å². The van der Waals surface area contributed by atoms with Gasteiger partial charge in [-0.3, -0.25) is 10.1 Å². The largest absolute Gasteiger partial charge is 0.411 e. The van der Waals surface area contributed by atoms with Gasteiger partial charge in [0.2, 0.25) is 11.8 Å². The molecule has 1 heterocycles. The van der Waals surface area contributed by atoms with E-state index in [1.54, 1.807) is 0 Å². The predicted octanol–water partition coefficient (Wildman–Crippen LogP) is 3.85. The first-order chi connectivity index (χ1) is 13.4. The van der Waals surface area contributed by atoms with Crippen LogP contribution in [0.1, 0.15) is 43.7 Å². The molecular weight excluding hydrogens is 376 g/mol. The van der Waals surface area contributed by atoms with Crippen LogP contribution in [0.2, 0.25) is 0 Å². The molecule has 1 aromatic heterocycles. The molecule has 2 atom stereocenters. The van der Waals surface area contributed by atoms with Crippen LogP contribution in [-0.2, 0) is 4.79 Å². The molecule has 0 saturated heterocycles. The number of thioether (sulfide) groups is 1. The van der Waals surface area contributed by atoms with Crippen LogP contribution in [0.15, 0.2) is 27.8 Å². The number of carbonyl (C=O) groups excluding carboxylic acids is 2. The van der Waals surface area contributed by atoms with Crippen molar-refractivity contribution in [1.82, 2.24) is 20.8 Å². The number of aromatic nitrogens is 2. The van der Waals surface area contributed by atoms with E-state index < -0.39 is 11.9 Å². The molecule has 0 unspecified atom stereocenters. The summed E-state index contributed by atoms with van der Waals surface area (Å²) >= 11 is 1.11. The van der Waals surface area contributed by atoms with Crippen molar-refractivity contribution < 1.29 is 14.0 Å². The van der Waals surface area contributed by atoms with E-state index in [9.17, 15) is 9.59 Å². The third kappa shape index (κ3) is 5.58. The van der Waals surface area contributed by atoms with Crippen LogP contribution in [0.5, 0.6) is 0 Å². The van der Waals surface area contributed by atoms with Crippen LogP contribution >= 0.6 is 11.8 Å². The minimum absolute atomic E-state index is 0.0299. The lowest BCUT2D eigenvalue weighted by atomic mass is 9.86. The van der Waals surface area contributed by atoms with E-state index >= 15 is 0 Å². The molecule has 1 fully saturated rings. The summed E-state index contributed by atoms with van der Waals surface area (Å²) in [5.41, 5.74) is 3.07. The molecule has 150 valence electrons. The zero-order valence-corrected chi connectivity index (χ0v) is 17.3. The monoisotopic (exact) mass is 402 g/mol. The number of nitrogens with one attached hydrogen (secondary N) is 2. The Bertz CT molecular complexity index is 831. The number of nitrogens with zero attached hydrogens (tertiary/aromatic N) is 2. The molecule has 2 aromatic rings. The van der Waals surface area contributed by atoms with E-state index in [1.165, 1.54) is 6.42 Å². The van der Waals surface area contributed by atoms with Gasteiger partial charge in [-0.05, 0) is 44.7 Å². The van der Waals surface area contributed by atoms with Gasteiger partial charge in [0.1, 0.15) is 0 Å². The second-order valence-electron chi connectivity index (χ2n) is 7.43. The van der Waals surface area contributed by atoms with Crippen LogP contribution in [-0.4, -0.2) is 33.9 Å². The zero-order valence-electron chi connectivity index (χ0n) is 16.4. The number of benzene rings is 1. The van der Waals surface area contributed by atoms with Crippen molar-refractivity contribution in [3.63, 3.8) is 0 Å². The fourth-order valence-corrected chi connectivity index (χ4v) is 4.07. The maximum atomic E-state index is 12.0. The fourth-order valence-electron chi connectivity index (χ4n) is 3.51. The average Bonchev–Trinajstić information content (AvgIpc) is 3.10. The quantitative estimate of drug-likeness (QED) is 0.737. The van der Waals surface area contributed by atoms with Gasteiger partial charge in [0.15, 0.2) is 0 Å². The maximum absolute atomic E-state index is 12.0. The lowest BCUT2D eigenvalue weighted by Crippen LogP contribution is -2.48. The molecule has 1 saturated carbocycles. The van der Waals surface area contributed by atoms with E-state index in [-0.39, 0.29) is 11.8 Å². The van der Waals surface area contributed by atoms with Gasteiger partial charge in [-0.2, -0.15) is 0 Å². The summed E-state index contributed by atoms with van der Waals surface area (Å²) in [6, 6.07) is 5.70. The van der Waals surface area contributed by atoms with Gasteiger partial charge >= 0.3 is 6.03 Å². The van der Waals surface area contributed by atoms with Crippen molar-refractivity contribution in [3.05, 3.63) is 29.3 Å². The summed E-state index contributed by atoms with van der Waals surface area (Å²) in [6.45, 7) is 6.14. The van der Waals surface area contributed by atoms with Crippen molar-refractivity contribution in [2.45, 2.75) is 57.7 Å². The lowest BCUT2D eigenvalue weighted by molar-refractivity contribution is -0.117. The maximum Gasteiger partial charge on any atom is 0.321 e. The summed E-state index contributed by atoms with van der Waals surface area (Å²) in [4.78, 5) is 24.1. The molecule has 8 heteroatoms. The Morgan fingerprint density at radius 2 is 1.86 bits per heavy atom. The van der Waals surface area contributed by atoms with E-state index in [4.69, 9.17) is 4.42 Å². The number of carbonyl (C=O) groups is 2. The molecule has 3 rings (SSSR count). The number of aryl methyl sites for hydroxylation is 2. The van der Waals surface area contributed by atoms with Crippen LogP contribution < -0.4 is 10.6 Å². The second kappa shape index (κ2) is 9.23. The van der Waals surface area contributed by atoms with Crippen molar-refractivity contribution >= 4 is 23.7 Å². The minimum atomic E-state index is -0.439. The van der Waals surface area contributed by atoms with Crippen LogP contribution in [0, 0.1) is 19.8 Å².